The lowest BCUT2D eigenvalue weighted by atomic mass is 10.1. The minimum Gasteiger partial charge on any atom is -0.399 e. The Morgan fingerprint density at radius 1 is 1.29 bits per heavy atom. The van der Waals surface area contributed by atoms with E-state index >= 15 is 0 Å². The maximum Gasteiger partial charge on any atom is 0.182 e. The summed E-state index contributed by atoms with van der Waals surface area (Å²) in [7, 11) is 0. The molecule has 0 aliphatic rings. The fourth-order valence-corrected chi connectivity index (χ4v) is 2.11. The second-order valence-corrected chi connectivity index (χ2v) is 5.43. The fraction of sp³-hybridized carbons (Fsp3) is 0.533. The third-order valence-corrected chi connectivity index (χ3v) is 3.25. The Bertz CT molecular complexity index is 579. The van der Waals surface area contributed by atoms with Gasteiger partial charge in [0.25, 0.3) is 0 Å². The maximum atomic E-state index is 5.86. The predicted octanol–water partition coefficient (Wildman–Crippen LogP) is 2.44. The molecule has 114 valence electrons. The number of hydrogen-bond acceptors (Lipinski definition) is 5. The van der Waals surface area contributed by atoms with Crippen molar-refractivity contribution in [1.29, 1.82) is 0 Å². The van der Waals surface area contributed by atoms with Crippen molar-refractivity contribution in [1.82, 2.24) is 20.2 Å². The molecule has 0 aliphatic carbocycles. The first-order valence-corrected chi connectivity index (χ1v) is 7.32. The summed E-state index contributed by atoms with van der Waals surface area (Å²) in [5.74, 6) is 0.768. The quantitative estimate of drug-likeness (QED) is 0.625. The summed E-state index contributed by atoms with van der Waals surface area (Å²) < 4.78 is 7.36. The Morgan fingerprint density at radius 3 is 2.86 bits per heavy atom. The summed E-state index contributed by atoms with van der Waals surface area (Å²) in [6.07, 6.45) is 2.25. The van der Waals surface area contributed by atoms with Crippen molar-refractivity contribution in [2.45, 2.75) is 46.3 Å². The lowest BCUT2D eigenvalue weighted by Crippen LogP contribution is -2.07. The molecule has 0 fully saturated rings. The number of nitrogens with zero attached hydrogens (tertiary/aromatic N) is 4. The lowest BCUT2D eigenvalue weighted by Gasteiger charge is -2.09. The topological polar surface area (TPSA) is 78.9 Å². The first kappa shape index (κ1) is 15.4. The summed E-state index contributed by atoms with van der Waals surface area (Å²) in [5.41, 5.74) is 8.67. The van der Waals surface area contributed by atoms with Crippen molar-refractivity contribution in [3.63, 3.8) is 0 Å². The van der Waals surface area contributed by atoms with Crippen molar-refractivity contribution in [3.05, 3.63) is 23.8 Å². The molecule has 6 nitrogen and oxygen atoms in total. The molecule has 0 saturated carbocycles. The maximum absolute atomic E-state index is 5.86. The van der Waals surface area contributed by atoms with E-state index in [1.165, 1.54) is 0 Å². The zero-order valence-corrected chi connectivity index (χ0v) is 12.9. The van der Waals surface area contributed by atoms with Crippen LogP contribution in [0.5, 0.6) is 0 Å². The normalized spacial score (nSPS) is 11.2. The van der Waals surface area contributed by atoms with Crippen molar-refractivity contribution in [3.8, 4) is 11.4 Å². The van der Waals surface area contributed by atoms with Gasteiger partial charge in [-0.2, -0.15) is 0 Å². The smallest absolute Gasteiger partial charge is 0.182 e. The molecule has 0 spiro atoms. The molecule has 0 saturated heterocycles. The second kappa shape index (κ2) is 7.17. The van der Waals surface area contributed by atoms with E-state index in [9.17, 15) is 0 Å². The number of aryl methyl sites for hydroxylation is 2. The van der Waals surface area contributed by atoms with Crippen molar-refractivity contribution in [2.75, 3.05) is 12.3 Å². The number of rotatable bonds is 7. The molecule has 1 aromatic carbocycles. The number of unbranched alkanes of at least 4 members (excludes halogenated alkanes) is 1. The molecule has 2 aromatic rings. The van der Waals surface area contributed by atoms with E-state index in [2.05, 4.69) is 15.5 Å². The minimum atomic E-state index is 0.281. The second-order valence-electron chi connectivity index (χ2n) is 5.43. The Balaban J connectivity index is 2.00. The highest BCUT2D eigenvalue weighted by molar-refractivity contribution is 5.65. The summed E-state index contributed by atoms with van der Waals surface area (Å²) in [4.78, 5) is 0. The third kappa shape index (κ3) is 4.26. The van der Waals surface area contributed by atoms with Gasteiger partial charge in [-0.1, -0.05) is 6.07 Å². The summed E-state index contributed by atoms with van der Waals surface area (Å²) in [5, 5.41) is 12.0. The summed E-state index contributed by atoms with van der Waals surface area (Å²) >= 11 is 0. The van der Waals surface area contributed by atoms with E-state index in [1.807, 2.05) is 43.7 Å². The number of nitrogen functional groups attached to an aromatic ring is 1. The Labute approximate surface area is 125 Å². The molecule has 6 heteroatoms. The molecular formula is C15H23N5O. The fourth-order valence-electron chi connectivity index (χ4n) is 2.11. The number of hydrogen-bond donors (Lipinski definition) is 1. The van der Waals surface area contributed by atoms with Gasteiger partial charge in [0, 0.05) is 24.4 Å². The lowest BCUT2D eigenvalue weighted by molar-refractivity contribution is 0.0753. The molecule has 1 aromatic heterocycles. The van der Waals surface area contributed by atoms with Crippen LogP contribution in [0.15, 0.2) is 18.2 Å². The van der Waals surface area contributed by atoms with Crippen LogP contribution < -0.4 is 5.73 Å². The largest absolute Gasteiger partial charge is 0.399 e. The van der Waals surface area contributed by atoms with Gasteiger partial charge < -0.3 is 10.5 Å². The average Bonchev–Trinajstić information content (AvgIpc) is 2.89. The predicted molar refractivity (Wildman–Crippen MR) is 82.7 cm³/mol. The van der Waals surface area contributed by atoms with Crippen molar-refractivity contribution >= 4 is 5.69 Å². The molecular weight excluding hydrogens is 266 g/mol. The molecule has 2 rings (SSSR count). The zero-order chi connectivity index (χ0) is 15.2. The Hall–Kier alpha value is -1.95. The van der Waals surface area contributed by atoms with Crippen molar-refractivity contribution < 1.29 is 4.74 Å². The number of tetrazole rings is 1. The first-order chi connectivity index (χ1) is 10.1. The number of benzene rings is 1. The first-order valence-electron chi connectivity index (χ1n) is 7.32. The van der Waals surface area contributed by atoms with Gasteiger partial charge in [0.15, 0.2) is 5.82 Å². The molecule has 0 amide bonds. The van der Waals surface area contributed by atoms with Crippen LogP contribution in [0.2, 0.25) is 0 Å². The molecule has 0 bridgehead atoms. The molecule has 0 atom stereocenters. The third-order valence-electron chi connectivity index (χ3n) is 3.25. The van der Waals surface area contributed by atoms with Crippen LogP contribution in [-0.4, -0.2) is 32.9 Å². The zero-order valence-electron chi connectivity index (χ0n) is 12.9. The van der Waals surface area contributed by atoms with Gasteiger partial charge in [0.1, 0.15) is 0 Å². The van der Waals surface area contributed by atoms with Crippen molar-refractivity contribution in [2.24, 2.45) is 0 Å². The molecule has 1 heterocycles. The highest BCUT2D eigenvalue weighted by atomic mass is 16.5. The molecule has 0 radical (unpaired) electrons. The van der Waals surface area contributed by atoms with Gasteiger partial charge in [-0.15, -0.1) is 5.10 Å². The number of aromatic nitrogens is 4. The van der Waals surface area contributed by atoms with Crippen LogP contribution in [0, 0.1) is 6.92 Å². The van der Waals surface area contributed by atoms with Crippen LogP contribution in [-0.2, 0) is 11.3 Å². The number of nitrogens with two attached hydrogens (primary N) is 1. The van der Waals surface area contributed by atoms with E-state index in [0.717, 1.165) is 48.6 Å². The van der Waals surface area contributed by atoms with E-state index in [0.29, 0.717) is 0 Å². The van der Waals surface area contributed by atoms with Crippen LogP contribution >= 0.6 is 0 Å². The summed E-state index contributed by atoms with van der Waals surface area (Å²) in [6.45, 7) is 7.67. The molecule has 21 heavy (non-hydrogen) atoms. The number of anilines is 1. The van der Waals surface area contributed by atoms with Gasteiger partial charge in [-0.05, 0) is 61.7 Å². The van der Waals surface area contributed by atoms with E-state index in [-0.39, 0.29) is 6.10 Å². The van der Waals surface area contributed by atoms with E-state index in [4.69, 9.17) is 10.5 Å². The standard InChI is InChI=1S/C15H23N5O/c1-11(2)21-9-5-4-8-20-15(17-18-19-20)14-10-13(16)7-6-12(14)3/h6-7,10-11H,4-5,8-9,16H2,1-3H3. The number of ether oxygens (including phenoxy) is 1. The van der Waals surface area contributed by atoms with Crippen LogP contribution in [0.4, 0.5) is 5.69 Å². The van der Waals surface area contributed by atoms with Gasteiger partial charge in [-0.3, -0.25) is 0 Å². The molecule has 0 unspecified atom stereocenters. The molecule has 2 N–H and O–H groups in total. The van der Waals surface area contributed by atoms with E-state index in [1.54, 1.807) is 0 Å². The van der Waals surface area contributed by atoms with Gasteiger partial charge in [-0.25, -0.2) is 4.68 Å². The van der Waals surface area contributed by atoms with Gasteiger partial charge in [0.05, 0.1) is 6.10 Å². The van der Waals surface area contributed by atoms with Crippen LogP contribution in [0.25, 0.3) is 11.4 Å². The van der Waals surface area contributed by atoms with E-state index < -0.39 is 0 Å². The minimum absolute atomic E-state index is 0.281. The Morgan fingerprint density at radius 2 is 2.10 bits per heavy atom. The van der Waals surface area contributed by atoms with Crippen LogP contribution in [0.1, 0.15) is 32.3 Å². The summed E-state index contributed by atoms with van der Waals surface area (Å²) in [6, 6.07) is 5.79. The monoisotopic (exact) mass is 289 g/mol. The van der Waals surface area contributed by atoms with Gasteiger partial charge >= 0.3 is 0 Å². The highest BCUT2D eigenvalue weighted by Crippen LogP contribution is 2.23. The van der Waals surface area contributed by atoms with Crippen LogP contribution in [0.3, 0.4) is 0 Å². The van der Waals surface area contributed by atoms with Gasteiger partial charge in [0.2, 0.25) is 0 Å². The highest BCUT2D eigenvalue weighted by Gasteiger charge is 2.11. The average molecular weight is 289 g/mol. The SMILES string of the molecule is Cc1ccc(N)cc1-c1nnnn1CCCCOC(C)C. The molecule has 0 aliphatic heterocycles. The Kier molecular flexibility index (Phi) is 5.27.